The van der Waals surface area contributed by atoms with E-state index in [1.807, 2.05) is 0 Å². The predicted octanol–water partition coefficient (Wildman–Crippen LogP) is 3.59. The molecule has 2 unspecified atom stereocenters. The van der Waals surface area contributed by atoms with Crippen LogP contribution >= 0.6 is 0 Å². The van der Waals surface area contributed by atoms with Gasteiger partial charge in [-0.05, 0) is 70.6 Å². The first-order valence-corrected chi connectivity index (χ1v) is 15.6. The van der Waals surface area contributed by atoms with Gasteiger partial charge >= 0.3 is 23.9 Å². The van der Waals surface area contributed by atoms with E-state index in [-0.39, 0.29) is 55.2 Å². The number of esters is 4. The molecule has 0 spiro atoms. The van der Waals surface area contributed by atoms with Crippen molar-refractivity contribution < 1.29 is 52.3 Å². The second-order valence-electron chi connectivity index (χ2n) is 11.8. The van der Waals surface area contributed by atoms with Gasteiger partial charge in [-0.25, -0.2) is 4.79 Å². The van der Waals surface area contributed by atoms with Gasteiger partial charge in [-0.1, -0.05) is 13.0 Å². The summed E-state index contributed by atoms with van der Waals surface area (Å²) < 4.78 is 39.2. The van der Waals surface area contributed by atoms with Gasteiger partial charge in [-0.15, -0.1) is 0 Å². The Kier molecular flexibility index (Phi) is 12.6. The van der Waals surface area contributed by atoms with Gasteiger partial charge in [-0.3, -0.25) is 14.4 Å². The topological polar surface area (TPSA) is 133 Å². The molecule has 2 saturated carbocycles. The minimum Gasteiger partial charge on any atom is -0.463 e. The summed E-state index contributed by atoms with van der Waals surface area (Å²) in [6.07, 6.45) is 8.91. The fourth-order valence-corrected chi connectivity index (χ4v) is 6.27. The number of unbranched alkanes of at least 4 members (excludes halogenated alkanes) is 3. The van der Waals surface area contributed by atoms with Crippen LogP contribution in [0.15, 0.2) is 12.7 Å². The monoisotopic (exact) mass is 594 g/mol. The van der Waals surface area contributed by atoms with Gasteiger partial charge in [0.2, 0.25) is 0 Å². The highest BCUT2D eigenvalue weighted by molar-refractivity contribution is 5.81. The van der Waals surface area contributed by atoms with Crippen LogP contribution in [0.1, 0.15) is 84.0 Å². The van der Waals surface area contributed by atoms with E-state index in [1.54, 1.807) is 0 Å². The average molecular weight is 595 g/mol. The molecule has 236 valence electrons. The maximum absolute atomic E-state index is 12.8. The maximum atomic E-state index is 12.8. The van der Waals surface area contributed by atoms with Crippen LogP contribution in [0, 0.1) is 11.8 Å². The first-order chi connectivity index (χ1) is 20.3. The van der Waals surface area contributed by atoms with Crippen LogP contribution in [0.3, 0.4) is 0 Å². The normalized spacial score (nSPS) is 32.4. The Balaban J connectivity index is 1.04. The smallest absolute Gasteiger partial charge is 0.330 e. The minimum absolute atomic E-state index is 0.0941. The third kappa shape index (κ3) is 9.50. The zero-order chi connectivity index (χ0) is 29.9. The number of carbonyl (C=O) groups is 4. The van der Waals surface area contributed by atoms with Crippen molar-refractivity contribution in [2.45, 2.75) is 121 Å². The van der Waals surface area contributed by atoms with Crippen LogP contribution in [0.5, 0.6) is 0 Å². The maximum Gasteiger partial charge on any atom is 0.330 e. The molecule has 11 heteroatoms. The standard InChI is InChI=1S/C31H46O11/c1-3-27(33)37-17-7-5-4-6-16-36-23-12-8-21(9-13-23)30(34)41-24-14-10-22(11-15-24)31(35)42-26-19-39-28-25(40-20(2)32)18-38-29(26)28/h3,21-26,28-29H,1,4-19H2,2H3/t21?,22?,23?,24?,25?,26?,28-,29-/m0/s1. The number of hydrogen-bond acceptors (Lipinski definition) is 11. The van der Waals surface area contributed by atoms with E-state index in [2.05, 4.69) is 6.58 Å². The van der Waals surface area contributed by atoms with Crippen molar-refractivity contribution in [2.75, 3.05) is 26.4 Å². The molecule has 0 amide bonds. The first-order valence-electron chi connectivity index (χ1n) is 15.6. The van der Waals surface area contributed by atoms with Gasteiger partial charge in [0.25, 0.3) is 0 Å². The summed E-state index contributed by atoms with van der Waals surface area (Å²) in [5.74, 6) is -1.52. The summed E-state index contributed by atoms with van der Waals surface area (Å²) in [5.41, 5.74) is 0. The van der Waals surface area contributed by atoms with Gasteiger partial charge in [-0.2, -0.15) is 0 Å². The van der Waals surface area contributed by atoms with E-state index in [0.717, 1.165) is 51.4 Å². The lowest BCUT2D eigenvalue weighted by Crippen LogP contribution is -2.38. The lowest BCUT2D eigenvalue weighted by atomic mass is 9.86. The van der Waals surface area contributed by atoms with Crippen LogP contribution in [-0.4, -0.2) is 86.9 Å². The molecule has 0 N–H and O–H groups in total. The Morgan fingerprint density at radius 1 is 0.690 bits per heavy atom. The van der Waals surface area contributed by atoms with Crippen LogP contribution in [0.4, 0.5) is 0 Å². The Morgan fingerprint density at radius 2 is 1.21 bits per heavy atom. The third-order valence-corrected chi connectivity index (χ3v) is 8.65. The predicted molar refractivity (Wildman–Crippen MR) is 148 cm³/mol. The number of ether oxygens (including phenoxy) is 7. The summed E-state index contributed by atoms with van der Waals surface area (Å²) in [6.45, 7) is 6.29. The molecule has 0 aromatic rings. The summed E-state index contributed by atoms with van der Waals surface area (Å²) >= 11 is 0. The van der Waals surface area contributed by atoms with Crippen molar-refractivity contribution in [1.29, 1.82) is 0 Å². The minimum atomic E-state index is -0.515. The number of rotatable bonds is 14. The molecule has 2 heterocycles. The van der Waals surface area contributed by atoms with Crippen molar-refractivity contribution in [3.63, 3.8) is 0 Å². The van der Waals surface area contributed by atoms with Gasteiger partial charge in [0, 0.05) is 19.6 Å². The highest BCUT2D eigenvalue weighted by Gasteiger charge is 2.51. The Labute approximate surface area is 247 Å². The number of fused-ring (bicyclic) bond motifs is 1. The molecule has 0 radical (unpaired) electrons. The lowest BCUT2D eigenvalue weighted by molar-refractivity contribution is -0.163. The number of hydrogen-bond donors (Lipinski definition) is 0. The van der Waals surface area contributed by atoms with Gasteiger partial charge in [0.05, 0.1) is 37.8 Å². The Morgan fingerprint density at radius 3 is 1.79 bits per heavy atom. The first kappa shape index (κ1) is 32.4. The molecule has 2 aliphatic heterocycles. The fraction of sp³-hybridized carbons (Fsp3) is 0.806. The molecule has 0 bridgehead atoms. The average Bonchev–Trinajstić information content (AvgIpc) is 3.57. The largest absolute Gasteiger partial charge is 0.463 e. The summed E-state index contributed by atoms with van der Waals surface area (Å²) in [5, 5.41) is 0. The van der Waals surface area contributed by atoms with Crippen molar-refractivity contribution in [2.24, 2.45) is 11.8 Å². The quantitative estimate of drug-likeness (QED) is 0.126. The van der Waals surface area contributed by atoms with E-state index in [4.69, 9.17) is 33.2 Å². The van der Waals surface area contributed by atoms with Gasteiger partial charge < -0.3 is 33.2 Å². The Hall–Kier alpha value is -2.50. The van der Waals surface area contributed by atoms with E-state index in [1.165, 1.54) is 13.0 Å². The molecule has 11 nitrogen and oxygen atoms in total. The van der Waals surface area contributed by atoms with E-state index < -0.39 is 30.4 Å². The van der Waals surface area contributed by atoms with Crippen molar-refractivity contribution >= 4 is 23.9 Å². The summed E-state index contributed by atoms with van der Waals surface area (Å²) in [6, 6.07) is 0. The van der Waals surface area contributed by atoms with Crippen LogP contribution in [-0.2, 0) is 52.3 Å². The molecular weight excluding hydrogens is 548 g/mol. The van der Waals surface area contributed by atoms with Crippen molar-refractivity contribution in [3.05, 3.63) is 12.7 Å². The summed E-state index contributed by atoms with van der Waals surface area (Å²) in [4.78, 5) is 47.9. The highest BCUT2D eigenvalue weighted by Crippen LogP contribution is 2.34. The SMILES string of the molecule is C=CC(=O)OCCCCCCOC1CCC(C(=O)OC2CCC(C(=O)OC3CO[C@H]4C(OC(C)=O)CO[C@@H]34)CC2)CC1. The molecule has 4 atom stereocenters. The molecular formula is C31H46O11. The fourth-order valence-electron chi connectivity index (χ4n) is 6.27. The zero-order valence-electron chi connectivity index (χ0n) is 24.7. The van der Waals surface area contributed by atoms with Crippen LogP contribution in [0.2, 0.25) is 0 Å². The Bertz CT molecular complexity index is 920. The van der Waals surface area contributed by atoms with E-state index in [0.29, 0.717) is 38.9 Å². The van der Waals surface area contributed by atoms with Crippen LogP contribution in [0.25, 0.3) is 0 Å². The lowest BCUT2D eigenvalue weighted by Gasteiger charge is -2.31. The highest BCUT2D eigenvalue weighted by atomic mass is 16.7. The zero-order valence-corrected chi connectivity index (χ0v) is 24.7. The summed E-state index contributed by atoms with van der Waals surface area (Å²) in [7, 11) is 0. The molecule has 42 heavy (non-hydrogen) atoms. The van der Waals surface area contributed by atoms with Crippen molar-refractivity contribution in [1.82, 2.24) is 0 Å². The second kappa shape index (κ2) is 16.4. The molecule has 0 aromatic heterocycles. The molecule has 4 rings (SSSR count). The van der Waals surface area contributed by atoms with E-state index in [9.17, 15) is 19.2 Å². The second-order valence-corrected chi connectivity index (χ2v) is 11.8. The molecule has 2 saturated heterocycles. The van der Waals surface area contributed by atoms with Crippen molar-refractivity contribution in [3.8, 4) is 0 Å². The van der Waals surface area contributed by atoms with E-state index >= 15 is 0 Å². The molecule has 4 aliphatic rings. The molecule has 0 aromatic carbocycles. The molecule has 4 fully saturated rings. The van der Waals surface area contributed by atoms with Gasteiger partial charge in [0.1, 0.15) is 18.3 Å². The number of carbonyl (C=O) groups excluding carboxylic acids is 4. The van der Waals surface area contributed by atoms with Gasteiger partial charge in [0.15, 0.2) is 12.2 Å². The third-order valence-electron chi connectivity index (χ3n) is 8.65. The van der Waals surface area contributed by atoms with Crippen LogP contribution < -0.4 is 0 Å². The molecule has 2 aliphatic carbocycles.